The molecule has 1 atom stereocenters. The van der Waals surface area contributed by atoms with Gasteiger partial charge in [-0.05, 0) is 49.3 Å². The third-order valence-electron chi connectivity index (χ3n) is 3.80. The number of halogens is 2. The summed E-state index contributed by atoms with van der Waals surface area (Å²) < 4.78 is 29.7. The van der Waals surface area contributed by atoms with E-state index in [9.17, 15) is 8.78 Å². The Kier molecular flexibility index (Phi) is 3.37. The molecule has 1 aromatic heterocycles. The molecular weight excluding hydrogens is 290 g/mol. The summed E-state index contributed by atoms with van der Waals surface area (Å²) in [7, 11) is 0. The van der Waals surface area contributed by atoms with Gasteiger partial charge in [-0.3, -0.25) is 0 Å². The van der Waals surface area contributed by atoms with Gasteiger partial charge in [-0.25, -0.2) is 8.78 Å². The lowest BCUT2D eigenvalue weighted by molar-refractivity contribution is 0.508. The highest BCUT2D eigenvalue weighted by Crippen LogP contribution is 2.28. The van der Waals surface area contributed by atoms with Gasteiger partial charge >= 0.3 is 0 Å². The molecule has 0 bridgehead atoms. The molecule has 3 aromatic rings. The SMILES string of the molecule is Cc1ccccc1C(C)n1c(=S)[nH]c2ccc(F)c(F)c21. The zero-order valence-electron chi connectivity index (χ0n) is 11.7. The molecule has 1 heterocycles. The first-order valence-electron chi connectivity index (χ1n) is 6.64. The summed E-state index contributed by atoms with van der Waals surface area (Å²) in [5, 5.41) is 0. The molecule has 0 aliphatic carbocycles. The van der Waals surface area contributed by atoms with Crippen LogP contribution >= 0.6 is 12.2 Å². The normalized spacial score (nSPS) is 12.8. The third-order valence-corrected chi connectivity index (χ3v) is 4.09. The van der Waals surface area contributed by atoms with Crippen molar-refractivity contribution in [3.63, 3.8) is 0 Å². The zero-order valence-corrected chi connectivity index (χ0v) is 12.5. The van der Waals surface area contributed by atoms with Crippen molar-refractivity contribution in [1.82, 2.24) is 9.55 Å². The number of imidazole rings is 1. The Morgan fingerprint density at radius 2 is 1.86 bits per heavy atom. The van der Waals surface area contributed by atoms with E-state index in [-0.39, 0.29) is 11.6 Å². The standard InChI is InChI=1S/C16H14F2N2S/c1-9-5-3-4-6-11(9)10(2)20-15-13(19-16(20)21)8-7-12(17)14(15)18/h3-8,10H,1-2H3,(H,19,21). The average Bonchev–Trinajstić information content (AvgIpc) is 2.80. The summed E-state index contributed by atoms with van der Waals surface area (Å²) in [5.74, 6) is -1.75. The van der Waals surface area contributed by atoms with Crippen LogP contribution in [-0.4, -0.2) is 9.55 Å². The fourth-order valence-corrected chi connectivity index (χ4v) is 3.08. The molecule has 0 saturated carbocycles. The molecule has 0 fully saturated rings. The fourth-order valence-electron chi connectivity index (χ4n) is 2.72. The summed E-state index contributed by atoms with van der Waals surface area (Å²) >= 11 is 5.29. The van der Waals surface area contributed by atoms with Gasteiger partial charge < -0.3 is 9.55 Å². The summed E-state index contributed by atoms with van der Waals surface area (Å²) in [6, 6.07) is 10.2. The minimum Gasteiger partial charge on any atom is -0.330 e. The Morgan fingerprint density at radius 3 is 2.57 bits per heavy atom. The number of nitrogens with one attached hydrogen (secondary N) is 1. The maximum absolute atomic E-state index is 14.2. The van der Waals surface area contributed by atoms with E-state index < -0.39 is 11.6 Å². The van der Waals surface area contributed by atoms with Crippen molar-refractivity contribution in [2.24, 2.45) is 0 Å². The van der Waals surface area contributed by atoms with Crippen molar-refractivity contribution >= 4 is 23.3 Å². The molecule has 0 aliphatic heterocycles. The number of nitrogens with zero attached hydrogens (tertiary/aromatic N) is 1. The molecule has 2 aromatic carbocycles. The Labute approximate surface area is 126 Å². The quantitative estimate of drug-likeness (QED) is 0.668. The zero-order chi connectivity index (χ0) is 15.1. The first-order valence-corrected chi connectivity index (χ1v) is 7.05. The van der Waals surface area contributed by atoms with Crippen LogP contribution in [0.15, 0.2) is 36.4 Å². The number of hydrogen-bond acceptors (Lipinski definition) is 1. The highest BCUT2D eigenvalue weighted by molar-refractivity contribution is 7.71. The van der Waals surface area contributed by atoms with Crippen LogP contribution in [0.2, 0.25) is 0 Å². The van der Waals surface area contributed by atoms with Gasteiger partial charge in [0.25, 0.3) is 0 Å². The van der Waals surface area contributed by atoms with Gasteiger partial charge in [0, 0.05) is 0 Å². The monoisotopic (exact) mass is 304 g/mol. The lowest BCUT2D eigenvalue weighted by Crippen LogP contribution is -2.09. The molecule has 0 radical (unpaired) electrons. The van der Waals surface area contributed by atoms with Gasteiger partial charge in [-0.1, -0.05) is 24.3 Å². The molecule has 21 heavy (non-hydrogen) atoms. The summed E-state index contributed by atoms with van der Waals surface area (Å²) in [5.41, 5.74) is 2.78. The second-order valence-corrected chi connectivity index (χ2v) is 5.48. The number of hydrogen-bond donors (Lipinski definition) is 1. The molecule has 1 unspecified atom stereocenters. The van der Waals surface area contributed by atoms with E-state index in [4.69, 9.17) is 12.2 Å². The minimum atomic E-state index is -0.875. The van der Waals surface area contributed by atoms with E-state index in [2.05, 4.69) is 4.98 Å². The van der Waals surface area contributed by atoms with E-state index in [0.29, 0.717) is 10.3 Å². The van der Waals surface area contributed by atoms with E-state index in [0.717, 1.165) is 17.2 Å². The Morgan fingerprint density at radius 1 is 1.14 bits per heavy atom. The van der Waals surface area contributed by atoms with Gasteiger partial charge in [0.15, 0.2) is 16.4 Å². The predicted molar refractivity (Wildman–Crippen MR) is 82.0 cm³/mol. The van der Waals surface area contributed by atoms with Gasteiger partial charge in [-0.2, -0.15) is 0 Å². The van der Waals surface area contributed by atoms with Crippen LogP contribution in [0.3, 0.4) is 0 Å². The van der Waals surface area contributed by atoms with Gasteiger partial charge in [0.2, 0.25) is 0 Å². The first-order chi connectivity index (χ1) is 10.0. The highest BCUT2D eigenvalue weighted by atomic mass is 32.1. The van der Waals surface area contributed by atoms with Crippen LogP contribution in [0.1, 0.15) is 24.1 Å². The second kappa shape index (κ2) is 5.07. The first kappa shape index (κ1) is 13.9. The predicted octanol–water partition coefficient (Wildman–Crippen LogP) is 4.89. The molecule has 0 aliphatic rings. The molecule has 1 N–H and O–H groups in total. The number of aromatic nitrogens is 2. The number of aromatic amines is 1. The topological polar surface area (TPSA) is 20.7 Å². The van der Waals surface area contributed by atoms with E-state index >= 15 is 0 Å². The average molecular weight is 304 g/mol. The number of fused-ring (bicyclic) bond motifs is 1. The summed E-state index contributed by atoms with van der Waals surface area (Å²) in [4.78, 5) is 2.94. The summed E-state index contributed by atoms with van der Waals surface area (Å²) in [6.07, 6.45) is 0. The maximum atomic E-state index is 14.2. The molecule has 3 rings (SSSR count). The molecule has 0 spiro atoms. The smallest absolute Gasteiger partial charge is 0.184 e. The Bertz CT molecular complexity index is 880. The van der Waals surface area contributed by atoms with Crippen LogP contribution in [0.4, 0.5) is 8.78 Å². The van der Waals surface area contributed by atoms with Crippen molar-refractivity contribution in [1.29, 1.82) is 0 Å². The van der Waals surface area contributed by atoms with Crippen LogP contribution in [0.25, 0.3) is 11.0 Å². The second-order valence-electron chi connectivity index (χ2n) is 5.09. The van der Waals surface area contributed by atoms with Crippen molar-refractivity contribution in [2.75, 3.05) is 0 Å². The lowest BCUT2D eigenvalue weighted by Gasteiger charge is -2.17. The summed E-state index contributed by atoms with van der Waals surface area (Å²) in [6.45, 7) is 3.91. The number of benzene rings is 2. The van der Waals surface area contributed by atoms with Crippen LogP contribution in [0, 0.1) is 23.3 Å². The minimum absolute atomic E-state index is 0.177. The molecule has 2 nitrogen and oxygen atoms in total. The van der Waals surface area contributed by atoms with Crippen LogP contribution < -0.4 is 0 Å². The van der Waals surface area contributed by atoms with Gasteiger partial charge in [-0.15, -0.1) is 0 Å². The Hall–Kier alpha value is -2.01. The van der Waals surface area contributed by atoms with Crippen LogP contribution in [0.5, 0.6) is 0 Å². The molecule has 0 amide bonds. The van der Waals surface area contributed by atoms with Crippen molar-refractivity contribution in [3.8, 4) is 0 Å². The third kappa shape index (κ3) is 2.17. The van der Waals surface area contributed by atoms with Crippen molar-refractivity contribution in [2.45, 2.75) is 19.9 Å². The molecular formula is C16H14F2N2S. The van der Waals surface area contributed by atoms with Gasteiger partial charge in [0.05, 0.1) is 11.6 Å². The van der Waals surface area contributed by atoms with Crippen molar-refractivity contribution in [3.05, 3.63) is 63.9 Å². The van der Waals surface area contributed by atoms with E-state index in [1.54, 1.807) is 4.57 Å². The van der Waals surface area contributed by atoms with E-state index in [1.807, 2.05) is 38.1 Å². The largest absolute Gasteiger partial charge is 0.330 e. The van der Waals surface area contributed by atoms with Crippen molar-refractivity contribution < 1.29 is 8.78 Å². The Balaban J connectivity index is 2.30. The molecule has 0 saturated heterocycles. The fraction of sp³-hybridized carbons (Fsp3) is 0.188. The number of H-pyrrole nitrogens is 1. The highest BCUT2D eigenvalue weighted by Gasteiger charge is 2.19. The molecule has 108 valence electrons. The number of rotatable bonds is 2. The van der Waals surface area contributed by atoms with Gasteiger partial charge in [0.1, 0.15) is 5.52 Å². The van der Waals surface area contributed by atoms with Crippen LogP contribution in [-0.2, 0) is 0 Å². The lowest BCUT2D eigenvalue weighted by atomic mass is 10.0. The van der Waals surface area contributed by atoms with E-state index in [1.165, 1.54) is 6.07 Å². The molecule has 5 heteroatoms. The number of aryl methyl sites for hydroxylation is 1. The maximum Gasteiger partial charge on any atom is 0.184 e.